The van der Waals surface area contributed by atoms with Gasteiger partial charge < -0.3 is 9.84 Å². The molecule has 0 atom stereocenters. The van der Waals surface area contributed by atoms with Crippen LogP contribution in [0.5, 0.6) is 0 Å². The smallest absolute Gasteiger partial charge is 0.339 e. The summed E-state index contributed by atoms with van der Waals surface area (Å²) < 4.78 is 5.58. The number of thiazole rings is 1. The lowest BCUT2D eigenvalue weighted by molar-refractivity contribution is -0.384. The quantitative estimate of drug-likeness (QED) is 0.490. The molecule has 2 aromatic rings. The van der Waals surface area contributed by atoms with Crippen LogP contribution in [-0.4, -0.2) is 34.2 Å². The molecule has 1 aromatic carbocycles. The summed E-state index contributed by atoms with van der Waals surface area (Å²) in [6.07, 6.45) is 0. The zero-order chi connectivity index (χ0) is 16.1. The van der Waals surface area contributed by atoms with E-state index in [1.807, 2.05) is 12.3 Å². The Kier molecular flexibility index (Phi) is 5.47. The van der Waals surface area contributed by atoms with E-state index in [1.54, 1.807) is 0 Å². The molecule has 0 amide bonds. The summed E-state index contributed by atoms with van der Waals surface area (Å²) in [5.41, 5.74) is 0.745. The van der Waals surface area contributed by atoms with Gasteiger partial charge in [-0.05, 0) is 13.0 Å². The number of nitrogens with zero attached hydrogens (tertiary/aromatic N) is 2. The Morgan fingerprint density at radius 2 is 2.32 bits per heavy atom. The van der Waals surface area contributed by atoms with Crippen molar-refractivity contribution in [1.29, 1.82) is 0 Å². The highest BCUT2D eigenvalue weighted by Gasteiger charge is 2.19. The first kappa shape index (κ1) is 16.4. The largest absolute Gasteiger partial charge is 0.460 e. The van der Waals surface area contributed by atoms with Crippen molar-refractivity contribution in [1.82, 2.24) is 4.98 Å². The van der Waals surface area contributed by atoms with Crippen LogP contribution in [0.15, 0.2) is 32.8 Å². The SMILES string of the molecule is Cc1csc(Sc2ccc([N+](=O)[O-])cc2C(=O)OCCO)n1. The summed E-state index contributed by atoms with van der Waals surface area (Å²) in [5.74, 6) is -0.714. The van der Waals surface area contributed by atoms with Crippen LogP contribution in [0.3, 0.4) is 0 Å². The number of aryl methyl sites for hydroxylation is 1. The van der Waals surface area contributed by atoms with Gasteiger partial charge in [-0.1, -0.05) is 11.8 Å². The van der Waals surface area contributed by atoms with Crippen LogP contribution in [0.25, 0.3) is 0 Å². The number of nitro benzene ring substituents is 1. The minimum atomic E-state index is -0.714. The predicted octanol–water partition coefficient (Wildman–Crippen LogP) is 2.66. The molecule has 0 aliphatic heterocycles. The second-order valence-corrected chi connectivity index (χ2v) is 6.30. The molecule has 0 saturated heterocycles. The highest BCUT2D eigenvalue weighted by molar-refractivity contribution is 8.01. The number of non-ortho nitro benzene ring substituents is 1. The highest BCUT2D eigenvalue weighted by Crippen LogP contribution is 2.34. The van der Waals surface area contributed by atoms with Crippen molar-refractivity contribution >= 4 is 34.8 Å². The molecular weight excluding hydrogens is 328 g/mol. The van der Waals surface area contributed by atoms with Gasteiger partial charge in [0.05, 0.1) is 17.1 Å². The van der Waals surface area contributed by atoms with Crippen molar-refractivity contribution in [3.05, 3.63) is 45.0 Å². The molecule has 0 unspecified atom stereocenters. The summed E-state index contributed by atoms with van der Waals surface area (Å²) in [4.78, 5) is 27.1. The molecule has 0 fully saturated rings. The maximum Gasteiger partial charge on any atom is 0.339 e. The van der Waals surface area contributed by atoms with Gasteiger partial charge in [-0.2, -0.15) is 0 Å². The van der Waals surface area contributed by atoms with Crippen molar-refractivity contribution in [2.45, 2.75) is 16.2 Å². The Morgan fingerprint density at radius 1 is 1.55 bits per heavy atom. The monoisotopic (exact) mass is 340 g/mol. The van der Waals surface area contributed by atoms with E-state index in [4.69, 9.17) is 9.84 Å². The van der Waals surface area contributed by atoms with Crippen molar-refractivity contribution < 1.29 is 19.6 Å². The number of hydrogen-bond acceptors (Lipinski definition) is 8. The number of hydrogen-bond donors (Lipinski definition) is 1. The molecule has 1 heterocycles. The lowest BCUT2D eigenvalue weighted by atomic mass is 10.2. The van der Waals surface area contributed by atoms with Gasteiger partial charge in [-0.15, -0.1) is 11.3 Å². The van der Waals surface area contributed by atoms with E-state index in [2.05, 4.69) is 4.98 Å². The van der Waals surface area contributed by atoms with Gasteiger partial charge in [-0.3, -0.25) is 10.1 Å². The average Bonchev–Trinajstić information content (AvgIpc) is 2.90. The second kappa shape index (κ2) is 7.34. The molecule has 1 N–H and O–H groups in total. The second-order valence-electron chi connectivity index (χ2n) is 4.15. The third kappa shape index (κ3) is 4.03. The molecule has 0 saturated carbocycles. The molecule has 0 spiro atoms. The molecule has 2 rings (SSSR count). The molecule has 7 nitrogen and oxygen atoms in total. The maximum atomic E-state index is 12.0. The molecular formula is C13H12N2O5S2. The van der Waals surface area contributed by atoms with Gasteiger partial charge in [0.15, 0.2) is 4.34 Å². The fourth-order valence-electron chi connectivity index (χ4n) is 1.57. The van der Waals surface area contributed by atoms with Crippen LogP contribution in [-0.2, 0) is 4.74 Å². The molecule has 1 aromatic heterocycles. The van der Waals surface area contributed by atoms with Gasteiger partial charge in [0.25, 0.3) is 5.69 Å². The van der Waals surface area contributed by atoms with E-state index >= 15 is 0 Å². The normalized spacial score (nSPS) is 10.5. The van der Waals surface area contributed by atoms with Gasteiger partial charge in [0, 0.05) is 28.1 Å². The molecule has 116 valence electrons. The number of esters is 1. The van der Waals surface area contributed by atoms with Gasteiger partial charge in [0.2, 0.25) is 0 Å². The first-order chi connectivity index (χ1) is 10.5. The van der Waals surface area contributed by atoms with Crippen LogP contribution in [0.2, 0.25) is 0 Å². The minimum Gasteiger partial charge on any atom is -0.460 e. The Bertz CT molecular complexity index is 701. The number of aliphatic hydroxyl groups excluding tert-OH is 1. The van der Waals surface area contributed by atoms with Crippen LogP contribution in [0.1, 0.15) is 16.1 Å². The molecule has 0 aliphatic carbocycles. The summed E-state index contributed by atoms with van der Waals surface area (Å²) in [7, 11) is 0. The van der Waals surface area contributed by atoms with E-state index in [1.165, 1.54) is 41.3 Å². The van der Waals surface area contributed by atoms with Crippen molar-refractivity contribution in [3.63, 3.8) is 0 Å². The summed E-state index contributed by atoms with van der Waals surface area (Å²) in [6.45, 7) is 1.38. The number of nitro groups is 1. The number of ether oxygens (including phenoxy) is 1. The van der Waals surface area contributed by atoms with Crippen LogP contribution < -0.4 is 0 Å². The first-order valence-electron chi connectivity index (χ1n) is 6.17. The maximum absolute atomic E-state index is 12.0. The molecule has 0 aliphatic rings. The fourth-order valence-corrected chi connectivity index (χ4v) is 3.46. The lowest BCUT2D eigenvalue weighted by Crippen LogP contribution is -2.10. The van der Waals surface area contributed by atoms with E-state index in [-0.39, 0.29) is 24.5 Å². The zero-order valence-corrected chi connectivity index (χ0v) is 13.1. The number of benzene rings is 1. The minimum absolute atomic E-state index is 0.0838. The number of carbonyl (C=O) groups is 1. The Labute approximate surface area is 134 Å². The lowest BCUT2D eigenvalue weighted by Gasteiger charge is -2.07. The first-order valence-corrected chi connectivity index (χ1v) is 7.87. The molecule has 0 bridgehead atoms. The molecule has 9 heteroatoms. The summed E-state index contributed by atoms with van der Waals surface area (Å²) in [6, 6.07) is 3.99. The highest BCUT2D eigenvalue weighted by atomic mass is 32.2. The van der Waals surface area contributed by atoms with Crippen LogP contribution >= 0.6 is 23.1 Å². The van der Waals surface area contributed by atoms with Crippen LogP contribution in [0.4, 0.5) is 5.69 Å². The summed E-state index contributed by atoms with van der Waals surface area (Å²) >= 11 is 2.66. The van der Waals surface area contributed by atoms with Crippen molar-refractivity contribution in [3.8, 4) is 0 Å². The van der Waals surface area contributed by atoms with E-state index in [9.17, 15) is 14.9 Å². The van der Waals surface area contributed by atoms with E-state index < -0.39 is 10.9 Å². The summed E-state index contributed by atoms with van der Waals surface area (Å²) in [5, 5.41) is 21.4. The number of carbonyl (C=O) groups excluding carboxylic acids is 1. The standard InChI is InChI=1S/C13H12N2O5S2/c1-8-7-21-13(14-8)22-11-3-2-9(15(18)19)6-10(11)12(17)20-5-4-16/h2-3,6-7,16H,4-5H2,1H3. The third-order valence-electron chi connectivity index (χ3n) is 2.51. The molecule has 0 radical (unpaired) electrons. The van der Waals surface area contributed by atoms with Gasteiger partial charge in [0.1, 0.15) is 6.61 Å². The fraction of sp³-hybridized carbons (Fsp3) is 0.231. The van der Waals surface area contributed by atoms with Crippen molar-refractivity contribution in [2.24, 2.45) is 0 Å². The van der Waals surface area contributed by atoms with Gasteiger partial charge >= 0.3 is 5.97 Å². The van der Waals surface area contributed by atoms with Gasteiger partial charge in [-0.25, -0.2) is 9.78 Å². The number of rotatable bonds is 6. The van der Waals surface area contributed by atoms with Crippen molar-refractivity contribution in [2.75, 3.05) is 13.2 Å². The number of aliphatic hydroxyl groups is 1. The number of aromatic nitrogens is 1. The average molecular weight is 340 g/mol. The van der Waals surface area contributed by atoms with E-state index in [0.717, 1.165) is 10.0 Å². The topological polar surface area (TPSA) is 103 Å². The van der Waals surface area contributed by atoms with Crippen LogP contribution in [0, 0.1) is 17.0 Å². The van der Waals surface area contributed by atoms with E-state index in [0.29, 0.717) is 4.90 Å². The Morgan fingerprint density at radius 3 is 2.91 bits per heavy atom. The molecule has 22 heavy (non-hydrogen) atoms. The zero-order valence-electron chi connectivity index (χ0n) is 11.5. The predicted molar refractivity (Wildman–Crippen MR) is 81.4 cm³/mol. The Balaban J connectivity index is 2.34. The Hall–Kier alpha value is -1.97. The third-order valence-corrected chi connectivity index (χ3v) is 4.65.